The lowest BCUT2D eigenvalue weighted by molar-refractivity contribution is -0.121. The molecule has 1 amide bonds. The minimum absolute atomic E-state index is 0.0272. The highest BCUT2D eigenvalue weighted by Gasteiger charge is 2.22. The van der Waals surface area contributed by atoms with E-state index in [1.165, 1.54) is 0 Å². The lowest BCUT2D eigenvalue weighted by atomic mass is 9.93. The van der Waals surface area contributed by atoms with E-state index in [4.69, 9.17) is 4.42 Å². The van der Waals surface area contributed by atoms with Gasteiger partial charge in [-0.25, -0.2) is 0 Å². The third-order valence-electron chi connectivity index (χ3n) is 4.61. The van der Waals surface area contributed by atoms with Crippen molar-refractivity contribution in [3.63, 3.8) is 0 Å². The maximum absolute atomic E-state index is 12.5. The summed E-state index contributed by atoms with van der Waals surface area (Å²) in [5, 5.41) is 11.3. The van der Waals surface area contributed by atoms with Crippen molar-refractivity contribution < 1.29 is 9.21 Å². The van der Waals surface area contributed by atoms with Crippen LogP contribution in [0.5, 0.6) is 0 Å². The zero-order valence-electron chi connectivity index (χ0n) is 13.9. The number of amides is 1. The Morgan fingerprint density at radius 2 is 2.08 bits per heavy atom. The standard InChI is InChI=1S/C19H20N4O2/c24-19(20-13-18-22-21-17-9-4-10-23(17)18)12-15(16-8-5-11-25-16)14-6-2-1-3-7-14/h1-3,5-8,11,15H,4,9-10,12-13H2,(H,20,24). The lowest BCUT2D eigenvalue weighted by Crippen LogP contribution is -2.26. The maximum atomic E-state index is 12.5. The summed E-state index contributed by atoms with van der Waals surface area (Å²) in [6, 6.07) is 13.7. The Hall–Kier alpha value is -2.89. The number of nitrogens with zero attached hydrogens (tertiary/aromatic N) is 3. The molecule has 128 valence electrons. The smallest absolute Gasteiger partial charge is 0.221 e. The third kappa shape index (κ3) is 3.33. The van der Waals surface area contributed by atoms with Crippen LogP contribution in [0.1, 0.15) is 41.7 Å². The number of aryl methyl sites for hydroxylation is 1. The van der Waals surface area contributed by atoms with Gasteiger partial charge in [-0.15, -0.1) is 10.2 Å². The summed E-state index contributed by atoms with van der Waals surface area (Å²) >= 11 is 0. The molecular formula is C19H20N4O2. The summed E-state index contributed by atoms with van der Waals surface area (Å²) in [5.41, 5.74) is 1.07. The molecule has 0 radical (unpaired) electrons. The van der Waals surface area contributed by atoms with E-state index in [1.807, 2.05) is 42.5 Å². The predicted octanol–water partition coefficient (Wildman–Crippen LogP) is 2.66. The van der Waals surface area contributed by atoms with Crippen LogP contribution in [0, 0.1) is 0 Å². The van der Waals surface area contributed by atoms with Crippen molar-refractivity contribution in [3.8, 4) is 0 Å². The van der Waals surface area contributed by atoms with Crippen LogP contribution in [0.3, 0.4) is 0 Å². The molecule has 2 aromatic heterocycles. The zero-order valence-corrected chi connectivity index (χ0v) is 13.9. The molecule has 3 heterocycles. The molecule has 0 saturated carbocycles. The second kappa shape index (κ2) is 6.93. The first-order chi connectivity index (χ1) is 12.3. The van der Waals surface area contributed by atoms with Crippen LogP contribution in [-0.4, -0.2) is 20.7 Å². The molecule has 0 spiro atoms. The molecule has 1 unspecified atom stereocenters. The fourth-order valence-electron chi connectivity index (χ4n) is 3.33. The van der Waals surface area contributed by atoms with Crippen LogP contribution >= 0.6 is 0 Å². The number of aromatic nitrogens is 3. The van der Waals surface area contributed by atoms with Crippen molar-refractivity contribution in [1.29, 1.82) is 0 Å². The normalized spacial score (nSPS) is 14.2. The topological polar surface area (TPSA) is 73.0 Å². The van der Waals surface area contributed by atoms with Crippen LogP contribution in [0.2, 0.25) is 0 Å². The van der Waals surface area contributed by atoms with Gasteiger partial charge < -0.3 is 14.3 Å². The number of benzene rings is 1. The Morgan fingerprint density at radius 3 is 2.88 bits per heavy atom. The van der Waals surface area contributed by atoms with E-state index >= 15 is 0 Å². The van der Waals surface area contributed by atoms with Crippen molar-refractivity contribution >= 4 is 5.91 Å². The number of carbonyl (C=O) groups is 1. The van der Waals surface area contributed by atoms with Crippen molar-refractivity contribution in [2.75, 3.05) is 0 Å². The molecule has 3 aromatic rings. The minimum atomic E-state index is -0.0969. The third-order valence-corrected chi connectivity index (χ3v) is 4.61. The van der Waals surface area contributed by atoms with Gasteiger partial charge in [0.15, 0.2) is 5.82 Å². The largest absolute Gasteiger partial charge is 0.469 e. The molecule has 6 nitrogen and oxygen atoms in total. The highest BCUT2D eigenvalue weighted by atomic mass is 16.3. The van der Waals surface area contributed by atoms with E-state index in [0.717, 1.165) is 42.4 Å². The lowest BCUT2D eigenvalue weighted by Gasteiger charge is -2.15. The van der Waals surface area contributed by atoms with Gasteiger partial charge in [0.1, 0.15) is 11.6 Å². The molecule has 1 atom stereocenters. The number of nitrogens with one attached hydrogen (secondary N) is 1. The summed E-state index contributed by atoms with van der Waals surface area (Å²) in [6.45, 7) is 1.35. The Labute approximate surface area is 145 Å². The van der Waals surface area contributed by atoms with Crippen LogP contribution in [-0.2, 0) is 24.3 Å². The Bertz CT molecular complexity index is 840. The van der Waals surface area contributed by atoms with E-state index in [0.29, 0.717) is 13.0 Å². The molecule has 1 aliphatic rings. The van der Waals surface area contributed by atoms with E-state index in [9.17, 15) is 4.79 Å². The molecule has 1 aliphatic heterocycles. The molecule has 25 heavy (non-hydrogen) atoms. The number of hydrogen-bond donors (Lipinski definition) is 1. The van der Waals surface area contributed by atoms with Gasteiger partial charge in [-0.05, 0) is 24.1 Å². The second-order valence-corrected chi connectivity index (χ2v) is 6.25. The highest BCUT2D eigenvalue weighted by Crippen LogP contribution is 2.28. The fraction of sp³-hybridized carbons (Fsp3) is 0.316. The van der Waals surface area contributed by atoms with Gasteiger partial charge in [-0.1, -0.05) is 30.3 Å². The number of rotatable bonds is 6. The average molecular weight is 336 g/mol. The monoisotopic (exact) mass is 336 g/mol. The quantitative estimate of drug-likeness (QED) is 0.751. The Kier molecular flexibility index (Phi) is 4.33. The summed E-state index contributed by atoms with van der Waals surface area (Å²) in [4.78, 5) is 12.5. The van der Waals surface area contributed by atoms with E-state index in [2.05, 4.69) is 20.1 Å². The van der Waals surface area contributed by atoms with Crippen LogP contribution in [0.15, 0.2) is 53.1 Å². The molecule has 4 rings (SSSR count). The van der Waals surface area contributed by atoms with Gasteiger partial charge in [0.2, 0.25) is 5.91 Å². The molecule has 0 aliphatic carbocycles. The van der Waals surface area contributed by atoms with Crippen molar-refractivity contribution in [1.82, 2.24) is 20.1 Å². The van der Waals surface area contributed by atoms with Crippen molar-refractivity contribution in [3.05, 3.63) is 71.7 Å². The second-order valence-electron chi connectivity index (χ2n) is 6.25. The van der Waals surface area contributed by atoms with E-state index in [1.54, 1.807) is 6.26 Å². The molecule has 0 fully saturated rings. The van der Waals surface area contributed by atoms with Crippen molar-refractivity contribution in [2.24, 2.45) is 0 Å². The highest BCUT2D eigenvalue weighted by molar-refractivity contribution is 5.77. The summed E-state index contributed by atoms with van der Waals surface area (Å²) in [6.07, 6.45) is 4.04. The Morgan fingerprint density at radius 1 is 1.20 bits per heavy atom. The molecule has 0 bridgehead atoms. The van der Waals surface area contributed by atoms with Gasteiger partial charge in [-0.2, -0.15) is 0 Å². The number of fused-ring (bicyclic) bond motifs is 1. The predicted molar refractivity (Wildman–Crippen MR) is 91.8 cm³/mol. The van der Waals surface area contributed by atoms with E-state index in [-0.39, 0.29) is 11.8 Å². The first-order valence-electron chi connectivity index (χ1n) is 8.57. The van der Waals surface area contributed by atoms with Gasteiger partial charge in [0.25, 0.3) is 0 Å². The first-order valence-corrected chi connectivity index (χ1v) is 8.57. The number of furan rings is 1. The number of carbonyl (C=O) groups excluding carboxylic acids is 1. The molecule has 1 aromatic carbocycles. The van der Waals surface area contributed by atoms with Crippen LogP contribution in [0.25, 0.3) is 0 Å². The molecule has 6 heteroatoms. The van der Waals surface area contributed by atoms with Gasteiger partial charge >= 0.3 is 0 Å². The summed E-state index contributed by atoms with van der Waals surface area (Å²) in [5.74, 6) is 2.52. The van der Waals surface area contributed by atoms with Gasteiger partial charge in [-0.3, -0.25) is 4.79 Å². The Balaban J connectivity index is 1.44. The molecule has 1 N–H and O–H groups in total. The van der Waals surface area contributed by atoms with Crippen molar-refractivity contribution in [2.45, 2.75) is 38.3 Å². The maximum Gasteiger partial charge on any atom is 0.221 e. The minimum Gasteiger partial charge on any atom is -0.469 e. The molecule has 0 saturated heterocycles. The molecular weight excluding hydrogens is 316 g/mol. The van der Waals surface area contributed by atoms with Gasteiger partial charge in [0, 0.05) is 19.4 Å². The van der Waals surface area contributed by atoms with Gasteiger partial charge in [0.05, 0.1) is 18.7 Å². The summed E-state index contributed by atoms with van der Waals surface area (Å²) < 4.78 is 7.65. The number of hydrogen-bond acceptors (Lipinski definition) is 4. The van der Waals surface area contributed by atoms with Crippen LogP contribution < -0.4 is 5.32 Å². The van der Waals surface area contributed by atoms with E-state index < -0.39 is 0 Å². The SMILES string of the molecule is O=C(CC(c1ccccc1)c1ccco1)NCc1nnc2n1CCC2. The van der Waals surface area contributed by atoms with Crippen LogP contribution in [0.4, 0.5) is 0 Å². The fourth-order valence-corrected chi connectivity index (χ4v) is 3.33. The first kappa shape index (κ1) is 15.6. The average Bonchev–Trinajstić information content (AvgIpc) is 3.37. The summed E-state index contributed by atoms with van der Waals surface area (Å²) in [7, 11) is 0. The zero-order chi connectivity index (χ0) is 17.1.